The van der Waals surface area contributed by atoms with E-state index in [9.17, 15) is 9.18 Å². The second kappa shape index (κ2) is 6.12. The average Bonchev–Trinajstić information content (AvgIpc) is 2.36. The van der Waals surface area contributed by atoms with Crippen LogP contribution in [0, 0.1) is 5.82 Å². The van der Waals surface area contributed by atoms with Crippen molar-refractivity contribution in [3.63, 3.8) is 0 Å². The Morgan fingerprint density at radius 2 is 2.23 bits per heavy atom. The number of piperazine rings is 1. The first-order chi connectivity index (χ1) is 10.1. The van der Waals surface area contributed by atoms with Crippen LogP contribution in [-0.2, 0) is 10.3 Å². The summed E-state index contributed by atoms with van der Waals surface area (Å²) in [6.07, 6.45) is 1.16. The van der Waals surface area contributed by atoms with E-state index in [2.05, 4.69) is 26.2 Å². The van der Waals surface area contributed by atoms with Crippen molar-refractivity contribution >= 4 is 22.0 Å². The summed E-state index contributed by atoms with van der Waals surface area (Å²) >= 11 is 3.20. The molecule has 1 aliphatic heterocycles. The van der Waals surface area contributed by atoms with Gasteiger partial charge in [0.1, 0.15) is 11.4 Å². The fraction of sp³-hybridized carbons (Fsp3) is 0.600. The number of pyridine rings is 1. The summed E-state index contributed by atoms with van der Waals surface area (Å²) in [7, 11) is 0. The van der Waals surface area contributed by atoms with Crippen LogP contribution in [-0.4, -0.2) is 41.2 Å². The molecule has 0 radical (unpaired) electrons. The highest BCUT2D eigenvalue weighted by molar-refractivity contribution is 9.10. The van der Waals surface area contributed by atoms with E-state index in [1.165, 1.54) is 6.07 Å². The van der Waals surface area contributed by atoms with E-state index in [0.717, 1.165) is 0 Å². The zero-order valence-corrected chi connectivity index (χ0v) is 14.8. The van der Waals surface area contributed by atoms with Gasteiger partial charge in [-0.3, -0.25) is 4.98 Å². The fourth-order valence-electron chi connectivity index (χ4n) is 2.44. The van der Waals surface area contributed by atoms with Gasteiger partial charge in [0.15, 0.2) is 0 Å². The van der Waals surface area contributed by atoms with Gasteiger partial charge in [0, 0.05) is 30.3 Å². The molecule has 0 aromatic carbocycles. The molecule has 1 saturated heterocycles. The van der Waals surface area contributed by atoms with Crippen molar-refractivity contribution in [2.75, 3.05) is 19.6 Å². The maximum absolute atomic E-state index is 14.2. The van der Waals surface area contributed by atoms with Crippen LogP contribution in [0.25, 0.3) is 0 Å². The first-order valence-corrected chi connectivity index (χ1v) is 7.94. The van der Waals surface area contributed by atoms with Gasteiger partial charge in [-0.1, -0.05) is 0 Å². The normalized spacial score (nSPS) is 22.5. The third-order valence-electron chi connectivity index (χ3n) is 3.39. The minimum absolute atomic E-state index is 0.295. The maximum atomic E-state index is 14.2. The second-order valence-corrected chi connectivity index (χ2v) is 7.56. The lowest BCUT2D eigenvalue weighted by molar-refractivity contribution is 0.0126. The molecule has 22 heavy (non-hydrogen) atoms. The van der Waals surface area contributed by atoms with E-state index in [1.807, 2.05) is 27.7 Å². The van der Waals surface area contributed by atoms with Gasteiger partial charge in [0.2, 0.25) is 0 Å². The van der Waals surface area contributed by atoms with Crippen LogP contribution >= 0.6 is 15.9 Å². The van der Waals surface area contributed by atoms with Crippen LogP contribution in [0.5, 0.6) is 0 Å². The van der Waals surface area contributed by atoms with Crippen LogP contribution < -0.4 is 5.32 Å². The summed E-state index contributed by atoms with van der Waals surface area (Å²) in [4.78, 5) is 18.0. The van der Waals surface area contributed by atoms with Crippen LogP contribution in [0.3, 0.4) is 0 Å². The molecule has 1 fully saturated rings. The molecule has 2 rings (SSSR count). The second-order valence-electron chi connectivity index (χ2n) is 6.64. The third kappa shape index (κ3) is 3.95. The van der Waals surface area contributed by atoms with Gasteiger partial charge in [-0.25, -0.2) is 9.18 Å². The number of aromatic nitrogens is 1. The molecule has 1 aromatic rings. The number of nitrogens with zero attached hydrogens (tertiary/aromatic N) is 2. The number of rotatable bonds is 1. The van der Waals surface area contributed by atoms with Gasteiger partial charge in [-0.15, -0.1) is 0 Å². The number of hydrogen-bond donors (Lipinski definition) is 1. The Bertz CT molecular complexity index is 576. The highest BCUT2D eigenvalue weighted by Gasteiger charge is 2.38. The van der Waals surface area contributed by atoms with Crippen molar-refractivity contribution in [1.29, 1.82) is 0 Å². The predicted molar refractivity (Wildman–Crippen MR) is 85.1 cm³/mol. The molecule has 1 amide bonds. The number of ether oxygens (including phenoxy) is 1. The summed E-state index contributed by atoms with van der Waals surface area (Å²) in [6.45, 7) is 8.67. The van der Waals surface area contributed by atoms with Crippen molar-refractivity contribution in [1.82, 2.24) is 15.2 Å². The lowest BCUT2D eigenvalue weighted by atomic mass is 9.94. The van der Waals surface area contributed by atoms with Gasteiger partial charge < -0.3 is 15.0 Å². The van der Waals surface area contributed by atoms with Crippen molar-refractivity contribution < 1.29 is 13.9 Å². The Morgan fingerprint density at radius 3 is 2.82 bits per heavy atom. The van der Waals surface area contributed by atoms with E-state index in [-0.39, 0.29) is 0 Å². The van der Waals surface area contributed by atoms with Crippen molar-refractivity contribution in [2.24, 2.45) is 0 Å². The Labute approximate surface area is 138 Å². The highest BCUT2D eigenvalue weighted by atomic mass is 79.9. The zero-order valence-electron chi connectivity index (χ0n) is 13.2. The number of carbonyl (C=O) groups excluding carboxylic acids is 1. The van der Waals surface area contributed by atoms with E-state index in [0.29, 0.717) is 29.8 Å². The van der Waals surface area contributed by atoms with Crippen LogP contribution in [0.4, 0.5) is 9.18 Å². The lowest BCUT2D eigenvalue weighted by Gasteiger charge is -2.41. The summed E-state index contributed by atoms with van der Waals surface area (Å²) in [5.74, 6) is -0.407. The lowest BCUT2D eigenvalue weighted by Crippen LogP contribution is -2.59. The van der Waals surface area contributed by atoms with E-state index >= 15 is 0 Å². The molecule has 1 aliphatic rings. The Hall–Kier alpha value is -1.21. The Morgan fingerprint density at radius 1 is 1.55 bits per heavy atom. The minimum atomic E-state index is -0.750. The smallest absolute Gasteiger partial charge is 0.410 e. The van der Waals surface area contributed by atoms with Crippen molar-refractivity contribution in [3.8, 4) is 0 Å². The predicted octanol–water partition coefficient (Wildman–Crippen LogP) is 3.04. The molecule has 5 nitrogen and oxygen atoms in total. The number of hydrogen-bond acceptors (Lipinski definition) is 4. The molecular weight excluding hydrogens is 353 g/mol. The molecule has 0 aliphatic carbocycles. The summed E-state index contributed by atoms with van der Waals surface area (Å²) in [6, 6.07) is 1.38. The fourth-order valence-corrected chi connectivity index (χ4v) is 2.75. The minimum Gasteiger partial charge on any atom is -0.444 e. The number of halogens is 2. The van der Waals surface area contributed by atoms with Gasteiger partial charge in [0.05, 0.1) is 11.2 Å². The van der Waals surface area contributed by atoms with Gasteiger partial charge >= 0.3 is 6.09 Å². The topological polar surface area (TPSA) is 54.5 Å². The maximum Gasteiger partial charge on any atom is 0.410 e. The van der Waals surface area contributed by atoms with Gasteiger partial charge in [0.25, 0.3) is 0 Å². The number of amides is 1. The molecule has 0 spiro atoms. The number of carbonyl (C=O) groups is 1. The molecular formula is C15H21BrFN3O2. The van der Waals surface area contributed by atoms with Crippen LogP contribution in [0.15, 0.2) is 16.7 Å². The SMILES string of the molecule is CC(C)(C)OC(=O)N1CCNC(C)(c2ncc(Br)cc2F)C1. The molecule has 122 valence electrons. The third-order valence-corrected chi connectivity index (χ3v) is 3.82. The molecule has 7 heteroatoms. The van der Waals surface area contributed by atoms with E-state index in [4.69, 9.17) is 4.74 Å². The molecule has 0 saturated carbocycles. The zero-order chi connectivity index (χ0) is 16.5. The average molecular weight is 374 g/mol. The quantitative estimate of drug-likeness (QED) is 0.821. The Balaban J connectivity index is 2.20. The monoisotopic (exact) mass is 373 g/mol. The van der Waals surface area contributed by atoms with Crippen molar-refractivity contribution in [2.45, 2.75) is 38.8 Å². The molecule has 2 heterocycles. The summed E-state index contributed by atoms with van der Waals surface area (Å²) in [5, 5.41) is 3.25. The van der Waals surface area contributed by atoms with Gasteiger partial charge in [-0.05, 0) is 49.7 Å². The standard InChI is InChI=1S/C15H21BrFN3O2/c1-14(2,3)22-13(21)20-6-5-19-15(4,9-20)12-11(17)7-10(16)8-18-12/h7-8,19H,5-6,9H2,1-4H3. The first kappa shape index (κ1) is 17.1. The van der Waals surface area contributed by atoms with Crippen LogP contribution in [0.2, 0.25) is 0 Å². The first-order valence-electron chi connectivity index (χ1n) is 7.15. The van der Waals surface area contributed by atoms with E-state index in [1.54, 1.807) is 11.1 Å². The molecule has 1 aromatic heterocycles. The molecule has 1 N–H and O–H groups in total. The summed E-state index contributed by atoms with van der Waals surface area (Å²) in [5.41, 5.74) is -1.01. The van der Waals surface area contributed by atoms with Crippen LogP contribution in [0.1, 0.15) is 33.4 Å². The molecule has 1 atom stereocenters. The highest BCUT2D eigenvalue weighted by Crippen LogP contribution is 2.27. The molecule has 1 unspecified atom stereocenters. The van der Waals surface area contributed by atoms with Crippen molar-refractivity contribution in [3.05, 3.63) is 28.2 Å². The Kier molecular flexibility index (Phi) is 4.77. The van der Waals surface area contributed by atoms with Gasteiger partial charge in [-0.2, -0.15) is 0 Å². The summed E-state index contributed by atoms with van der Waals surface area (Å²) < 4.78 is 20.2. The van der Waals surface area contributed by atoms with E-state index < -0.39 is 23.1 Å². The largest absolute Gasteiger partial charge is 0.444 e. The number of nitrogens with one attached hydrogen (secondary N) is 1. The molecule has 0 bridgehead atoms.